The van der Waals surface area contributed by atoms with Gasteiger partial charge in [0.25, 0.3) is 0 Å². The van der Waals surface area contributed by atoms with Crippen LogP contribution in [0, 0.1) is 5.92 Å². The van der Waals surface area contributed by atoms with Crippen LogP contribution >= 0.6 is 0 Å². The van der Waals surface area contributed by atoms with Crippen LogP contribution in [0.2, 0.25) is 0 Å². The van der Waals surface area contributed by atoms with Gasteiger partial charge in [-0.15, -0.1) is 0 Å². The van der Waals surface area contributed by atoms with E-state index >= 15 is 0 Å². The minimum Gasteiger partial charge on any atom is -0.380 e. The monoisotopic (exact) mass is 188 g/mol. The maximum atomic E-state index is 5.48. The number of likely N-dealkylation sites (N-methyl/N-ethyl adjacent to an activating group) is 1. The van der Waals surface area contributed by atoms with Gasteiger partial charge in [0.2, 0.25) is 0 Å². The second-order valence-corrected chi connectivity index (χ2v) is 3.64. The van der Waals surface area contributed by atoms with E-state index in [0.717, 1.165) is 39.3 Å². The second-order valence-electron chi connectivity index (χ2n) is 3.64. The quantitative estimate of drug-likeness (QED) is 0.576. The van der Waals surface area contributed by atoms with E-state index in [1.54, 1.807) is 0 Å². The Morgan fingerprint density at radius 1 is 1.46 bits per heavy atom. The number of ether oxygens (including phenoxy) is 1. The van der Waals surface area contributed by atoms with Crippen molar-refractivity contribution in [2.45, 2.75) is 20.3 Å². The Morgan fingerprint density at radius 2 is 2.15 bits per heavy atom. The summed E-state index contributed by atoms with van der Waals surface area (Å²) in [5.74, 6) is 0.691. The Labute approximate surface area is 82.2 Å². The van der Waals surface area contributed by atoms with Gasteiger partial charge in [-0.05, 0) is 32.9 Å². The molecule has 0 aliphatic rings. The van der Waals surface area contributed by atoms with E-state index in [0.29, 0.717) is 5.92 Å². The molecule has 0 rings (SSSR count). The third kappa shape index (κ3) is 8.22. The molecule has 1 atom stereocenters. The number of nitrogens with two attached hydrogens (primary N) is 1. The predicted molar refractivity (Wildman–Crippen MR) is 56.8 cm³/mol. The van der Waals surface area contributed by atoms with E-state index in [2.05, 4.69) is 18.9 Å². The predicted octanol–water partition coefficient (Wildman–Crippen LogP) is 0.940. The first-order valence-electron chi connectivity index (χ1n) is 5.17. The molecule has 0 heterocycles. The Bertz CT molecular complexity index is 109. The van der Waals surface area contributed by atoms with Gasteiger partial charge in [0.15, 0.2) is 0 Å². The maximum absolute atomic E-state index is 5.48. The molecule has 0 bridgehead atoms. The molecule has 0 aliphatic carbocycles. The fourth-order valence-electron chi connectivity index (χ4n) is 1.36. The van der Waals surface area contributed by atoms with Crippen molar-refractivity contribution >= 4 is 0 Å². The molecule has 0 saturated heterocycles. The molecule has 0 saturated carbocycles. The average molecular weight is 188 g/mol. The van der Waals surface area contributed by atoms with Crippen LogP contribution in [0.15, 0.2) is 0 Å². The van der Waals surface area contributed by atoms with Crippen molar-refractivity contribution in [2.24, 2.45) is 11.7 Å². The summed E-state index contributed by atoms with van der Waals surface area (Å²) < 4.78 is 5.28. The van der Waals surface area contributed by atoms with Gasteiger partial charge >= 0.3 is 0 Å². The van der Waals surface area contributed by atoms with Crippen LogP contribution in [0.4, 0.5) is 0 Å². The number of hydrogen-bond donors (Lipinski definition) is 1. The summed E-state index contributed by atoms with van der Waals surface area (Å²) in [6, 6.07) is 0. The lowest BCUT2D eigenvalue weighted by molar-refractivity contribution is 0.117. The second kappa shape index (κ2) is 8.48. The molecule has 0 fully saturated rings. The van der Waals surface area contributed by atoms with Crippen molar-refractivity contribution in [1.29, 1.82) is 0 Å². The SMILES string of the molecule is CCOCCN(C)CC(C)CCN. The summed E-state index contributed by atoms with van der Waals surface area (Å²) in [7, 11) is 2.13. The van der Waals surface area contributed by atoms with Crippen LogP contribution < -0.4 is 5.73 Å². The highest BCUT2D eigenvalue weighted by molar-refractivity contribution is 4.59. The molecule has 13 heavy (non-hydrogen) atoms. The first-order chi connectivity index (χ1) is 6.20. The largest absolute Gasteiger partial charge is 0.380 e. The lowest BCUT2D eigenvalue weighted by Gasteiger charge is -2.20. The third-order valence-corrected chi connectivity index (χ3v) is 2.10. The van der Waals surface area contributed by atoms with Crippen LogP contribution in [0.25, 0.3) is 0 Å². The molecule has 0 amide bonds. The summed E-state index contributed by atoms with van der Waals surface area (Å²) in [6.07, 6.45) is 1.11. The highest BCUT2D eigenvalue weighted by Gasteiger charge is 2.04. The van der Waals surface area contributed by atoms with Gasteiger partial charge in [-0.2, -0.15) is 0 Å². The van der Waals surface area contributed by atoms with Crippen molar-refractivity contribution < 1.29 is 4.74 Å². The van der Waals surface area contributed by atoms with Crippen molar-refractivity contribution in [3.05, 3.63) is 0 Å². The molecule has 2 N–H and O–H groups in total. The zero-order valence-electron chi connectivity index (χ0n) is 9.25. The highest BCUT2D eigenvalue weighted by Crippen LogP contribution is 2.01. The number of rotatable bonds is 8. The van der Waals surface area contributed by atoms with Gasteiger partial charge in [-0.25, -0.2) is 0 Å². The molecule has 3 nitrogen and oxygen atoms in total. The zero-order valence-corrected chi connectivity index (χ0v) is 9.25. The topological polar surface area (TPSA) is 38.5 Å². The van der Waals surface area contributed by atoms with Crippen LogP contribution in [0.1, 0.15) is 20.3 Å². The Kier molecular flexibility index (Phi) is 8.40. The van der Waals surface area contributed by atoms with Crippen LogP contribution in [0.5, 0.6) is 0 Å². The van der Waals surface area contributed by atoms with Crippen molar-refractivity contribution in [3.63, 3.8) is 0 Å². The van der Waals surface area contributed by atoms with E-state index in [1.807, 2.05) is 6.92 Å². The molecular weight excluding hydrogens is 164 g/mol. The Hall–Kier alpha value is -0.120. The molecule has 0 aromatic heterocycles. The molecule has 1 unspecified atom stereocenters. The van der Waals surface area contributed by atoms with Gasteiger partial charge in [-0.1, -0.05) is 6.92 Å². The fourth-order valence-corrected chi connectivity index (χ4v) is 1.36. The minimum atomic E-state index is 0.691. The maximum Gasteiger partial charge on any atom is 0.0593 e. The van der Waals surface area contributed by atoms with Gasteiger partial charge in [0.1, 0.15) is 0 Å². The number of hydrogen-bond acceptors (Lipinski definition) is 3. The van der Waals surface area contributed by atoms with Crippen molar-refractivity contribution in [1.82, 2.24) is 4.90 Å². The lowest BCUT2D eigenvalue weighted by Crippen LogP contribution is -2.28. The summed E-state index contributed by atoms with van der Waals surface area (Å²) >= 11 is 0. The molecule has 0 spiro atoms. The standard InChI is InChI=1S/C10H24N2O/c1-4-13-8-7-12(3)9-10(2)5-6-11/h10H,4-9,11H2,1-3H3. The van der Waals surface area contributed by atoms with Gasteiger partial charge in [-0.3, -0.25) is 0 Å². The first kappa shape index (κ1) is 12.9. The Morgan fingerprint density at radius 3 is 2.69 bits per heavy atom. The van der Waals surface area contributed by atoms with E-state index < -0.39 is 0 Å². The van der Waals surface area contributed by atoms with Crippen LogP contribution in [-0.4, -0.2) is 44.8 Å². The van der Waals surface area contributed by atoms with E-state index in [-0.39, 0.29) is 0 Å². The molecule has 0 aromatic rings. The summed E-state index contributed by atoms with van der Waals surface area (Å²) in [6.45, 7) is 8.84. The van der Waals surface area contributed by atoms with E-state index in [9.17, 15) is 0 Å². The Balaban J connectivity index is 3.32. The number of nitrogens with zero attached hydrogens (tertiary/aromatic N) is 1. The molecule has 3 heteroatoms. The summed E-state index contributed by atoms with van der Waals surface area (Å²) in [4.78, 5) is 2.30. The highest BCUT2D eigenvalue weighted by atomic mass is 16.5. The van der Waals surface area contributed by atoms with Crippen molar-refractivity contribution in [2.75, 3.05) is 39.9 Å². The van der Waals surface area contributed by atoms with Gasteiger partial charge in [0.05, 0.1) is 6.61 Å². The summed E-state index contributed by atoms with van der Waals surface area (Å²) in [5, 5.41) is 0. The fraction of sp³-hybridized carbons (Fsp3) is 1.00. The smallest absolute Gasteiger partial charge is 0.0593 e. The molecule has 0 aliphatic heterocycles. The summed E-state index contributed by atoms with van der Waals surface area (Å²) in [5.41, 5.74) is 5.48. The molecule has 0 aromatic carbocycles. The zero-order chi connectivity index (χ0) is 10.1. The minimum absolute atomic E-state index is 0.691. The molecule has 0 radical (unpaired) electrons. The molecule has 80 valence electrons. The van der Waals surface area contributed by atoms with Crippen LogP contribution in [0.3, 0.4) is 0 Å². The van der Waals surface area contributed by atoms with E-state index in [4.69, 9.17) is 10.5 Å². The average Bonchev–Trinajstić information content (AvgIpc) is 2.05. The normalized spacial score (nSPS) is 13.6. The first-order valence-corrected chi connectivity index (χ1v) is 5.17. The van der Waals surface area contributed by atoms with Gasteiger partial charge in [0, 0.05) is 19.7 Å². The van der Waals surface area contributed by atoms with E-state index in [1.165, 1.54) is 0 Å². The van der Waals surface area contributed by atoms with Gasteiger partial charge < -0.3 is 15.4 Å². The van der Waals surface area contributed by atoms with Crippen LogP contribution in [-0.2, 0) is 4.74 Å². The lowest BCUT2D eigenvalue weighted by atomic mass is 10.1. The third-order valence-electron chi connectivity index (χ3n) is 2.10. The van der Waals surface area contributed by atoms with Crippen molar-refractivity contribution in [3.8, 4) is 0 Å². The molecular formula is C10H24N2O.